The van der Waals surface area contributed by atoms with Crippen molar-refractivity contribution in [2.75, 3.05) is 5.32 Å². The summed E-state index contributed by atoms with van der Waals surface area (Å²) in [5.74, 6) is 0.822. The normalized spacial score (nSPS) is 12.2. The Kier molecular flexibility index (Phi) is 5.78. The molecular formula is C19H22N4OS2. The Morgan fingerprint density at radius 2 is 1.96 bits per heavy atom. The van der Waals surface area contributed by atoms with Gasteiger partial charge in [0, 0.05) is 12.2 Å². The van der Waals surface area contributed by atoms with Crippen LogP contribution in [-0.2, 0) is 11.3 Å². The number of benzene rings is 1. The van der Waals surface area contributed by atoms with Gasteiger partial charge in [0.1, 0.15) is 0 Å². The molecule has 0 radical (unpaired) electrons. The fourth-order valence-electron chi connectivity index (χ4n) is 2.70. The van der Waals surface area contributed by atoms with Crippen molar-refractivity contribution >= 4 is 34.7 Å². The second-order valence-electron chi connectivity index (χ2n) is 6.04. The number of amides is 1. The van der Waals surface area contributed by atoms with Crippen LogP contribution in [0.4, 0.5) is 5.69 Å². The van der Waals surface area contributed by atoms with Crippen molar-refractivity contribution in [2.24, 2.45) is 0 Å². The first-order valence-electron chi connectivity index (χ1n) is 8.52. The van der Waals surface area contributed by atoms with Crippen LogP contribution in [0.25, 0.3) is 10.7 Å². The van der Waals surface area contributed by atoms with Gasteiger partial charge in [0.05, 0.1) is 10.1 Å². The molecule has 0 spiro atoms. The van der Waals surface area contributed by atoms with Crippen molar-refractivity contribution in [1.29, 1.82) is 0 Å². The second kappa shape index (κ2) is 8.05. The molecule has 0 saturated heterocycles. The lowest BCUT2D eigenvalue weighted by Crippen LogP contribution is -2.23. The fraction of sp³-hybridized carbons (Fsp3) is 0.316. The molecule has 2 heterocycles. The van der Waals surface area contributed by atoms with Crippen molar-refractivity contribution in [1.82, 2.24) is 14.8 Å². The van der Waals surface area contributed by atoms with E-state index in [-0.39, 0.29) is 11.2 Å². The molecule has 5 nitrogen and oxygen atoms in total. The highest BCUT2D eigenvalue weighted by molar-refractivity contribution is 8.00. The molecule has 1 aromatic carbocycles. The smallest absolute Gasteiger partial charge is 0.237 e. The predicted octanol–water partition coefficient (Wildman–Crippen LogP) is 4.76. The Hall–Kier alpha value is -2.12. The highest BCUT2D eigenvalue weighted by Gasteiger charge is 2.21. The topological polar surface area (TPSA) is 59.8 Å². The third-order valence-electron chi connectivity index (χ3n) is 4.16. The molecule has 1 amide bonds. The first-order chi connectivity index (χ1) is 12.5. The lowest BCUT2D eigenvalue weighted by Gasteiger charge is -2.15. The van der Waals surface area contributed by atoms with Crippen LogP contribution in [0.5, 0.6) is 0 Å². The number of carbonyl (C=O) groups is 1. The van der Waals surface area contributed by atoms with Gasteiger partial charge in [-0.1, -0.05) is 36.0 Å². The average Bonchev–Trinajstić information content (AvgIpc) is 3.27. The van der Waals surface area contributed by atoms with Crippen LogP contribution < -0.4 is 5.32 Å². The van der Waals surface area contributed by atoms with E-state index in [0.29, 0.717) is 0 Å². The number of anilines is 1. The van der Waals surface area contributed by atoms with E-state index in [1.54, 1.807) is 11.3 Å². The Balaban J connectivity index is 1.76. The van der Waals surface area contributed by atoms with E-state index in [9.17, 15) is 4.79 Å². The first-order valence-corrected chi connectivity index (χ1v) is 10.3. The van der Waals surface area contributed by atoms with Crippen LogP contribution in [0.3, 0.4) is 0 Å². The summed E-state index contributed by atoms with van der Waals surface area (Å²) < 4.78 is 2.05. The molecule has 0 aliphatic heterocycles. The van der Waals surface area contributed by atoms with Gasteiger partial charge in [0.15, 0.2) is 11.0 Å². The predicted molar refractivity (Wildman–Crippen MR) is 109 cm³/mol. The Bertz CT molecular complexity index is 882. The molecule has 0 unspecified atom stereocenters. The van der Waals surface area contributed by atoms with Gasteiger partial charge in [0.25, 0.3) is 0 Å². The number of thiophene rings is 1. The van der Waals surface area contributed by atoms with Gasteiger partial charge < -0.3 is 9.88 Å². The monoisotopic (exact) mass is 386 g/mol. The first kappa shape index (κ1) is 18.7. The summed E-state index contributed by atoms with van der Waals surface area (Å²) in [5.41, 5.74) is 3.01. The van der Waals surface area contributed by atoms with E-state index >= 15 is 0 Å². The summed E-state index contributed by atoms with van der Waals surface area (Å²) in [5, 5.41) is 14.2. The maximum absolute atomic E-state index is 12.7. The SMILES string of the molecule is CCn1c(S[C@@H](C)C(=O)Nc2c(C)cccc2C)nnc1-c1cccs1. The zero-order chi connectivity index (χ0) is 18.7. The molecule has 0 aliphatic rings. The minimum atomic E-state index is -0.278. The molecule has 3 rings (SSSR count). The van der Waals surface area contributed by atoms with Crippen LogP contribution in [0.1, 0.15) is 25.0 Å². The van der Waals surface area contributed by atoms with Crippen LogP contribution in [0.2, 0.25) is 0 Å². The maximum atomic E-state index is 12.7. The zero-order valence-electron chi connectivity index (χ0n) is 15.3. The number of hydrogen-bond donors (Lipinski definition) is 1. The molecule has 2 aromatic heterocycles. The number of para-hydroxylation sites is 1. The zero-order valence-corrected chi connectivity index (χ0v) is 16.9. The molecule has 1 atom stereocenters. The molecule has 0 fully saturated rings. The summed E-state index contributed by atoms with van der Waals surface area (Å²) in [6, 6.07) is 10.0. The van der Waals surface area contributed by atoms with Gasteiger partial charge in [-0.25, -0.2) is 0 Å². The van der Waals surface area contributed by atoms with Gasteiger partial charge in [-0.15, -0.1) is 21.5 Å². The highest BCUT2D eigenvalue weighted by Crippen LogP contribution is 2.30. The summed E-state index contributed by atoms with van der Waals surface area (Å²) in [4.78, 5) is 13.8. The summed E-state index contributed by atoms with van der Waals surface area (Å²) in [6.07, 6.45) is 0. The fourth-order valence-corrected chi connectivity index (χ4v) is 4.33. The third kappa shape index (κ3) is 3.83. The Labute approximate surface area is 161 Å². The van der Waals surface area contributed by atoms with E-state index in [1.807, 2.05) is 56.5 Å². The lowest BCUT2D eigenvalue weighted by molar-refractivity contribution is -0.115. The molecule has 1 N–H and O–H groups in total. The van der Waals surface area contributed by atoms with E-state index in [0.717, 1.165) is 39.2 Å². The van der Waals surface area contributed by atoms with Crippen molar-refractivity contribution in [3.8, 4) is 10.7 Å². The maximum Gasteiger partial charge on any atom is 0.237 e. The minimum absolute atomic E-state index is 0.0317. The number of carbonyl (C=O) groups excluding carboxylic acids is 1. The largest absolute Gasteiger partial charge is 0.325 e. The van der Waals surface area contributed by atoms with Gasteiger partial charge >= 0.3 is 0 Å². The van der Waals surface area contributed by atoms with E-state index < -0.39 is 0 Å². The lowest BCUT2D eigenvalue weighted by atomic mass is 10.1. The van der Waals surface area contributed by atoms with Gasteiger partial charge in [-0.3, -0.25) is 4.79 Å². The van der Waals surface area contributed by atoms with Gasteiger partial charge in [-0.2, -0.15) is 0 Å². The molecule has 7 heteroatoms. The number of nitrogens with one attached hydrogen (secondary N) is 1. The molecule has 26 heavy (non-hydrogen) atoms. The second-order valence-corrected chi connectivity index (χ2v) is 8.30. The Morgan fingerprint density at radius 1 is 1.23 bits per heavy atom. The molecule has 0 bridgehead atoms. The van der Waals surface area contributed by atoms with Crippen LogP contribution >= 0.6 is 23.1 Å². The van der Waals surface area contributed by atoms with E-state index in [2.05, 4.69) is 27.0 Å². The van der Waals surface area contributed by atoms with Gasteiger partial charge in [-0.05, 0) is 50.3 Å². The average molecular weight is 387 g/mol. The van der Waals surface area contributed by atoms with Crippen LogP contribution in [0, 0.1) is 13.8 Å². The molecule has 136 valence electrons. The highest BCUT2D eigenvalue weighted by atomic mass is 32.2. The number of aromatic nitrogens is 3. The van der Waals surface area contributed by atoms with Crippen LogP contribution in [0.15, 0.2) is 40.9 Å². The minimum Gasteiger partial charge on any atom is -0.325 e. The number of rotatable bonds is 6. The van der Waals surface area contributed by atoms with Gasteiger partial charge in [0.2, 0.25) is 5.91 Å². The van der Waals surface area contributed by atoms with Crippen molar-refractivity contribution in [3.63, 3.8) is 0 Å². The third-order valence-corrected chi connectivity index (χ3v) is 6.10. The number of aryl methyl sites for hydroxylation is 2. The number of hydrogen-bond acceptors (Lipinski definition) is 5. The number of thioether (sulfide) groups is 1. The molecule has 0 saturated carbocycles. The van der Waals surface area contributed by atoms with E-state index in [4.69, 9.17) is 0 Å². The molecule has 0 aliphatic carbocycles. The van der Waals surface area contributed by atoms with Crippen molar-refractivity contribution in [2.45, 2.75) is 44.6 Å². The molecule has 3 aromatic rings. The number of nitrogens with zero attached hydrogens (tertiary/aromatic N) is 3. The molecular weight excluding hydrogens is 364 g/mol. The Morgan fingerprint density at radius 3 is 2.58 bits per heavy atom. The van der Waals surface area contributed by atoms with Crippen molar-refractivity contribution < 1.29 is 4.79 Å². The quantitative estimate of drug-likeness (QED) is 0.620. The summed E-state index contributed by atoms with van der Waals surface area (Å²) >= 11 is 3.07. The summed E-state index contributed by atoms with van der Waals surface area (Å²) in [6.45, 7) is 8.72. The van der Waals surface area contributed by atoms with E-state index in [1.165, 1.54) is 11.8 Å². The summed E-state index contributed by atoms with van der Waals surface area (Å²) in [7, 11) is 0. The standard InChI is InChI=1S/C19H22N4OS2/c1-5-23-17(15-10-7-11-25-15)21-22-19(23)26-14(4)18(24)20-16-12(2)8-6-9-13(16)3/h6-11,14H,5H2,1-4H3,(H,20,24)/t14-/m0/s1. The van der Waals surface area contributed by atoms with Crippen molar-refractivity contribution in [3.05, 3.63) is 46.8 Å². The van der Waals surface area contributed by atoms with Crippen LogP contribution in [-0.4, -0.2) is 25.9 Å².